The van der Waals surface area contributed by atoms with Crippen LogP contribution in [0.25, 0.3) is 11.1 Å². The van der Waals surface area contributed by atoms with Crippen LogP contribution >= 0.6 is 23.2 Å². The molecule has 0 aliphatic rings. The molecule has 2 aromatic rings. The maximum Gasteiger partial charge on any atom is 0.416 e. The molecule has 2 aromatic carbocycles. The molecule has 2 rings (SSSR count). The molecule has 0 aromatic heterocycles. The van der Waals surface area contributed by atoms with Crippen LogP contribution in [0.4, 0.5) is 13.2 Å². The van der Waals surface area contributed by atoms with Gasteiger partial charge in [0.15, 0.2) is 0 Å². The van der Waals surface area contributed by atoms with E-state index in [1.165, 1.54) is 6.07 Å². The monoisotopic (exact) mass is 304 g/mol. The standard InChI is InChI=1S/C14H9Cl2F3/c1-8-4-9(6-10(5-8)14(17,18)19)12-3-2-11(15)7-13(12)16/h2-7H,1H3. The summed E-state index contributed by atoms with van der Waals surface area (Å²) in [7, 11) is 0. The fourth-order valence-corrected chi connectivity index (χ4v) is 2.34. The molecule has 0 unspecified atom stereocenters. The lowest BCUT2D eigenvalue weighted by Crippen LogP contribution is -2.05. The van der Waals surface area contributed by atoms with Crippen molar-refractivity contribution in [2.75, 3.05) is 0 Å². The molecule has 0 N–H and O–H groups in total. The summed E-state index contributed by atoms with van der Waals surface area (Å²) in [5.74, 6) is 0. The predicted octanol–water partition coefficient (Wildman–Crippen LogP) is 5.99. The molecule has 0 aliphatic carbocycles. The van der Waals surface area contributed by atoms with Gasteiger partial charge in [-0.05, 0) is 42.3 Å². The zero-order chi connectivity index (χ0) is 14.2. The Morgan fingerprint density at radius 1 is 0.947 bits per heavy atom. The molecule has 0 bridgehead atoms. The molecule has 100 valence electrons. The van der Waals surface area contributed by atoms with Crippen molar-refractivity contribution in [3.05, 3.63) is 57.6 Å². The number of halogens is 5. The van der Waals surface area contributed by atoms with E-state index in [-0.39, 0.29) is 0 Å². The van der Waals surface area contributed by atoms with Crippen LogP contribution in [0.3, 0.4) is 0 Å². The molecule has 0 atom stereocenters. The Morgan fingerprint density at radius 2 is 1.63 bits per heavy atom. The first-order valence-electron chi connectivity index (χ1n) is 5.41. The first-order valence-corrected chi connectivity index (χ1v) is 6.17. The van der Waals surface area contributed by atoms with Crippen molar-refractivity contribution >= 4 is 23.2 Å². The van der Waals surface area contributed by atoms with Crippen LogP contribution in [0, 0.1) is 6.92 Å². The molecule has 0 heterocycles. The van der Waals surface area contributed by atoms with Crippen molar-refractivity contribution in [2.45, 2.75) is 13.1 Å². The summed E-state index contributed by atoms with van der Waals surface area (Å²) < 4.78 is 38.3. The normalized spacial score (nSPS) is 11.7. The number of hydrogen-bond acceptors (Lipinski definition) is 0. The minimum atomic E-state index is -4.38. The van der Waals surface area contributed by atoms with Crippen LogP contribution < -0.4 is 0 Å². The van der Waals surface area contributed by atoms with E-state index in [1.54, 1.807) is 25.1 Å². The quantitative estimate of drug-likeness (QED) is 0.607. The highest BCUT2D eigenvalue weighted by atomic mass is 35.5. The van der Waals surface area contributed by atoms with E-state index < -0.39 is 11.7 Å². The summed E-state index contributed by atoms with van der Waals surface area (Å²) in [5.41, 5.74) is 0.790. The van der Waals surface area contributed by atoms with E-state index in [9.17, 15) is 13.2 Å². The highest BCUT2D eigenvalue weighted by molar-refractivity contribution is 6.36. The molecule has 0 aliphatic heterocycles. The number of hydrogen-bond donors (Lipinski definition) is 0. The topological polar surface area (TPSA) is 0 Å². The van der Waals surface area contributed by atoms with Crippen LogP contribution in [0.15, 0.2) is 36.4 Å². The lowest BCUT2D eigenvalue weighted by molar-refractivity contribution is -0.137. The first kappa shape index (κ1) is 14.2. The van der Waals surface area contributed by atoms with Gasteiger partial charge in [0.1, 0.15) is 0 Å². The summed E-state index contributed by atoms with van der Waals surface area (Å²) in [6, 6.07) is 8.56. The largest absolute Gasteiger partial charge is 0.416 e. The minimum absolute atomic E-state index is 0.325. The summed E-state index contributed by atoms with van der Waals surface area (Å²) in [5, 5.41) is 0.767. The van der Waals surface area contributed by atoms with Crippen molar-refractivity contribution < 1.29 is 13.2 Å². The lowest BCUT2D eigenvalue weighted by Gasteiger charge is -2.12. The van der Waals surface area contributed by atoms with Gasteiger partial charge >= 0.3 is 6.18 Å². The van der Waals surface area contributed by atoms with Gasteiger partial charge in [0.25, 0.3) is 0 Å². The smallest absolute Gasteiger partial charge is 0.166 e. The van der Waals surface area contributed by atoms with Gasteiger partial charge in [-0.1, -0.05) is 35.3 Å². The summed E-state index contributed by atoms with van der Waals surface area (Å²) in [6.07, 6.45) is -4.38. The maximum atomic E-state index is 12.8. The highest BCUT2D eigenvalue weighted by Gasteiger charge is 2.31. The third-order valence-electron chi connectivity index (χ3n) is 2.65. The van der Waals surface area contributed by atoms with Gasteiger partial charge in [0, 0.05) is 15.6 Å². The van der Waals surface area contributed by atoms with Gasteiger partial charge in [-0.25, -0.2) is 0 Å². The van der Waals surface area contributed by atoms with Crippen molar-refractivity contribution in [1.29, 1.82) is 0 Å². The average molecular weight is 305 g/mol. The third-order valence-corrected chi connectivity index (χ3v) is 3.19. The average Bonchev–Trinajstić information content (AvgIpc) is 2.26. The molecule has 19 heavy (non-hydrogen) atoms. The Bertz CT molecular complexity index is 619. The van der Waals surface area contributed by atoms with E-state index >= 15 is 0 Å². The van der Waals surface area contributed by atoms with Crippen molar-refractivity contribution in [3.8, 4) is 11.1 Å². The Hall–Kier alpha value is -1.19. The van der Waals surface area contributed by atoms with Gasteiger partial charge in [-0.2, -0.15) is 13.2 Å². The zero-order valence-electron chi connectivity index (χ0n) is 9.85. The van der Waals surface area contributed by atoms with E-state index in [4.69, 9.17) is 23.2 Å². The molecule has 0 nitrogen and oxygen atoms in total. The predicted molar refractivity (Wildman–Crippen MR) is 71.6 cm³/mol. The summed E-state index contributed by atoms with van der Waals surface area (Å²) in [4.78, 5) is 0. The van der Waals surface area contributed by atoms with Crippen molar-refractivity contribution in [1.82, 2.24) is 0 Å². The molecule has 0 fully saturated rings. The highest BCUT2D eigenvalue weighted by Crippen LogP contribution is 2.36. The molecular weight excluding hydrogens is 296 g/mol. The third kappa shape index (κ3) is 3.23. The Balaban J connectivity index is 2.59. The molecule has 0 saturated heterocycles. The SMILES string of the molecule is Cc1cc(-c2ccc(Cl)cc2Cl)cc(C(F)(F)F)c1. The molecule has 0 saturated carbocycles. The summed E-state index contributed by atoms with van der Waals surface area (Å²) in [6.45, 7) is 1.61. The van der Waals surface area contributed by atoms with Gasteiger partial charge < -0.3 is 0 Å². The van der Waals surface area contributed by atoms with Gasteiger partial charge in [-0.3, -0.25) is 0 Å². The van der Waals surface area contributed by atoms with Crippen molar-refractivity contribution in [2.24, 2.45) is 0 Å². The molecular formula is C14H9Cl2F3. The fourth-order valence-electron chi connectivity index (χ4n) is 1.83. The summed E-state index contributed by atoms with van der Waals surface area (Å²) >= 11 is 11.8. The van der Waals surface area contributed by atoms with Crippen LogP contribution in [0.1, 0.15) is 11.1 Å². The molecule has 0 spiro atoms. The van der Waals surface area contributed by atoms with Gasteiger partial charge in [-0.15, -0.1) is 0 Å². The van der Waals surface area contributed by atoms with Crippen LogP contribution in [-0.4, -0.2) is 0 Å². The van der Waals surface area contributed by atoms with Gasteiger partial charge in [0.2, 0.25) is 0 Å². The zero-order valence-corrected chi connectivity index (χ0v) is 11.4. The Labute approximate surface area is 118 Å². The van der Waals surface area contributed by atoms with E-state index in [2.05, 4.69) is 0 Å². The Kier molecular flexibility index (Phi) is 3.79. The van der Waals surface area contributed by atoms with Crippen LogP contribution in [-0.2, 0) is 6.18 Å². The molecule has 5 heteroatoms. The Morgan fingerprint density at radius 3 is 2.21 bits per heavy atom. The second kappa shape index (κ2) is 5.06. The van der Waals surface area contributed by atoms with Crippen LogP contribution in [0.2, 0.25) is 10.0 Å². The molecule has 0 amide bonds. The minimum Gasteiger partial charge on any atom is -0.166 e. The van der Waals surface area contributed by atoms with Crippen LogP contribution in [0.5, 0.6) is 0 Å². The van der Waals surface area contributed by atoms with E-state index in [0.717, 1.165) is 12.1 Å². The van der Waals surface area contributed by atoms with Gasteiger partial charge in [0.05, 0.1) is 5.56 Å². The number of alkyl halides is 3. The maximum absolute atomic E-state index is 12.8. The second-order valence-electron chi connectivity index (χ2n) is 4.21. The number of aryl methyl sites for hydroxylation is 1. The number of rotatable bonds is 1. The van der Waals surface area contributed by atoms with E-state index in [1.807, 2.05) is 0 Å². The number of benzene rings is 2. The lowest BCUT2D eigenvalue weighted by atomic mass is 10.00. The molecule has 0 radical (unpaired) electrons. The van der Waals surface area contributed by atoms with E-state index in [0.29, 0.717) is 26.7 Å². The fraction of sp³-hybridized carbons (Fsp3) is 0.143. The second-order valence-corrected chi connectivity index (χ2v) is 5.05. The first-order chi connectivity index (χ1) is 8.77. The van der Waals surface area contributed by atoms with Crippen molar-refractivity contribution in [3.63, 3.8) is 0 Å².